The van der Waals surface area contributed by atoms with Crippen molar-refractivity contribution in [2.45, 2.75) is 39.7 Å². The molecule has 1 aliphatic carbocycles. The summed E-state index contributed by atoms with van der Waals surface area (Å²) in [5, 5.41) is 9.18. The lowest BCUT2D eigenvalue weighted by Crippen LogP contribution is -2.36. The quantitative estimate of drug-likeness (QED) is 0.780. The molecule has 2 aromatic heterocycles. The minimum atomic E-state index is -0.313. The first-order valence-electron chi connectivity index (χ1n) is 6.92. The Bertz CT molecular complexity index is 685. The Balaban J connectivity index is 1.86. The molecule has 0 spiro atoms. The van der Waals surface area contributed by atoms with Crippen molar-refractivity contribution in [1.29, 1.82) is 0 Å². The molecule has 112 valence electrons. The fourth-order valence-corrected chi connectivity index (χ4v) is 2.92. The molecule has 7 heteroatoms. The summed E-state index contributed by atoms with van der Waals surface area (Å²) in [7, 11) is 0. The number of carbonyl (C=O) groups excluding carboxylic acids is 1. The van der Waals surface area contributed by atoms with Gasteiger partial charge in [0.1, 0.15) is 11.5 Å². The summed E-state index contributed by atoms with van der Waals surface area (Å²) in [6.45, 7) is 6.25. The smallest absolute Gasteiger partial charge is 0.289 e. The van der Waals surface area contributed by atoms with Crippen LogP contribution in [0.15, 0.2) is 10.5 Å². The summed E-state index contributed by atoms with van der Waals surface area (Å²) in [4.78, 5) is 16.1. The molecule has 1 aliphatic rings. The maximum atomic E-state index is 12.2. The van der Waals surface area contributed by atoms with Crippen molar-refractivity contribution in [1.82, 2.24) is 20.5 Å². The maximum Gasteiger partial charge on any atom is 0.289 e. The Kier molecular flexibility index (Phi) is 3.00. The molecule has 1 atom stereocenters. The lowest BCUT2D eigenvalue weighted by atomic mass is 9.74. The van der Waals surface area contributed by atoms with Crippen molar-refractivity contribution in [3.05, 3.63) is 29.0 Å². The number of fused-ring (bicyclic) bond motifs is 1. The zero-order valence-electron chi connectivity index (χ0n) is 12.4. The minimum absolute atomic E-state index is 0.0592. The average molecular weight is 289 g/mol. The van der Waals surface area contributed by atoms with Crippen LogP contribution < -0.4 is 11.1 Å². The molecule has 3 rings (SSSR count). The highest BCUT2D eigenvalue weighted by atomic mass is 16.3. The lowest BCUT2D eigenvalue weighted by molar-refractivity contribution is 0.0907. The molecular weight excluding hydrogens is 270 g/mol. The average Bonchev–Trinajstić information content (AvgIpc) is 2.93. The van der Waals surface area contributed by atoms with E-state index in [2.05, 4.69) is 34.3 Å². The van der Waals surface area contributed by atoms with E-state index in [0.29, 0.717) is 0 Å². The molecule has 2 heterocycles. The highest BCUT2D eigenvalue weighted by molar-refractivity contribution is 5.90. The predicted octanol–water partition coefficient (Wildman–Crippen LogP) is 1.73. The zero-order chi connectivity index (χ0) is 15.2. The summed E-state index contributed by atoms with van der Waals surface area (Å²) in [5.41, 5.74) is 6.54. The van der Waals surface area contributed by atoms with E-state index in [1.165, 1.54) is 0 Å². The first-order chi connectivity index (χ1) is 9.84. The van der Waals surface area contributed by atoms with Gasteiger partial charge in [0.2, 0.25) is 11.8 Å². The largest absolute Gasteiger partial charge is 0.466 e. The normalized spacial score (nSPS) is 20.0. The van der Waals surface area contributed by atoms with Gasteiger partial charge >= 0.3 is 0 Å². The standard InChI is InChI=1S/C14H19N5O2/c1-7-4-8-9(5-14(2,3)6-10(8)21-7)16-12(20)11-17-13(15)19-18-11/h4,9H,5-6H2,1-3H3,(H,16,20)(H3,15,17,18,19). The Hall–Kier alpha value is -2.31. The highest BCUT2D eigenvalue weighted by Crippen LogP contribution is 2.42. The van der Waals surface area contributed by atoms with Crippen molar-refractivity contribution in [2.24, 2.45) is 5.41 Å². The van der Waals surface area contributed by atoms with Crippen molar-refractivity contribution in [3.63, 3.8) is 0 Å². The number of nitrogens with zero attached hydrogens (tertiary/aromatic N) is 2. The van der Waals surface area contributed by atoms with Crippen LogP contribution in [0.2, 0.25) is 0 Å². The van der Waals surface area contributed by atoms with Crippen LogP contribution in [0.5, 0.6) is 0 Å². The minimum Gasteiger partial charge on any atom is -0.466 e. The third-order valence-electron chi connectivity index (χ3n) is 3.76. The van der Waals surface area contributed by atoms with E-state index in [9.17, 15) is 4.79 Å². The monoisotopic (exact) mass is 289 g/mol. The number of nitrogens with one attached hydrogen (secondary N) is 2. The summed E-state index contributed by atoms with van der Waals surface area (Å²) < 4.78 is 5.76. The number of nitrogen functional groups attached to an aromatic ring is 1. The highest BCUT2D eigenvalue weighted by Gasteiger charge is 2.36. The Morgan fingerprint density at radius 3 is 3.00 bits per heavy atom. The molecule has 4 N–H and O–H groups in total. The van der Waals surface area contributed by atoms with Crippen molar-refractivity contribution in [3.8, 4) is 0 Å². The molecule has 0 bridgehead atoms. The third-order valence-corrected chi connectivity index (χ3v) is 3.76. The number of hydrogen-bond acceptors (Lipinski definition) is 5. The first kappa shape index (κ1) is 13.7. The number of H-pyrrole nitrogens is 1. The maximum absolute atomic E-state index is 12.2. The van der Waals surface area contributed by atoms with Crippen LogP contribution >= 0.6 is 0 Å². The van der Waals surface area contributed by atoms with Gasteiger partial charge in [0.15, 0.2) is 0 Å². The Morgan fingerprint density at radius 2 is 2.33 bits per heavy atom. The van der Waals surface area contributed by atoms with Crippen LogP contribution in [0.25, 0.3) is 0 Å². The molecule has 0 radical (unpaired) electrons. The molecule has 1 amide bonds. The second-order valence-electron chi connectivity index (χ2n) is 6.35. The van der Waals surface area contributed by atoms with E-state index >= 15 is 0 Å². The number of hydrogen-bond donors (Lipinski definition) is 3. The number of nitrogens with two attached hydrogens (primary N) is 1. The van der Waals surface area contributed by atoms with Gasteiger partial charge < -0.3 is 15.5 Å². The van der Waals surface area contributed by atoms with Gasteiger partial charge in [0.25, 0.3) is 5.91 Å². The van der Waals surface area contributed by atoms with Gasteiger partial charge in [-0.1, -0.05) is 13.8 Å². The Morgan fingerprint density at radius 1 is 1.57 bits per heavy atom. The van der Waals surface area contributed by atoms with Crippen LogP contribution in [0, 0.1) is 12.3 Å². The van der Waals surface area contributed by atoms with Crippen LogP contribution in [-0.2, 0) is 6.42 Å². The third kappa shape index (κ3) is 2.63. The van der Waals surface area contributed by atoms with Crippen molar-refractivity contribution in [2.75, 3.05) is 5.73 Å². The summed E-state index contributed by atoms with van der Waals surface area (Å²) >= 11 is 0. The van der Waals surface area contributed by atoms with Gasteiger partial charge in [0, 0.05) is 12.0 Å². The fraction of sp³-hybridized carbons (Fsp3) is 0.500. The second-order valence-corrected chi connectivity index (χ2v) is 6.35. The van der Waals surface area contributed by atoms with Gasteiger partial charge in [-0.2, -0.15) is 4.98 Å². The molecule has 0 aliphatic heterocycles. The van der Waals surface area contributed by atoms with Gasteiger partial charge in [-0.05, 0) is 24.8 Å². The molecule has 0 saturated heterocycles. The number of amides is 1. The first-order valence-corrected chi connectivity index (χ1v) is 6.92. The van der Waals surface area contributed by atoms with Crippen LogP contribution in [0.1, 0.15) is 54.0 Å². The van der Waals surface area contributed by atoms with E-state index in [-0.39, 0.29) is 29.1 Å². The van der Waals surface area contributed by atoms with E-state index in [0.717, 1.165) is 29.9 Å². The van der Waals surface area contributed by atoms with E-state index in [4.69, 9.17) is 10.2 Å². The number of anilines is 1. The summed E-state index contributed by atoms with van der Waals surface area (Å²) in [6.07, 6.45) is 1.71. The molecular formula is C14H19N5O2. The van der Waals surface area contributed by atoms with E-state index in [1.54, 1.807) is 0 Å². The molecule has 0 aromatic carbocycles. The number of aromatic nitrogens is 3. The zero-order valence-corrected chi connectivity index (χ0v) is 12.4. The van der Waals surface area contributed by atoms with Crippen LogP contribution in [0.4, 0.5) is 5.95 Å². The fourth-order valence-electron chi connectivity index (χ4n) is 2.92. The number of carbonyl (C=O) groups is 1. The van der Waals surface area contributed by atoms with Crippen LogP contribution in [-0.4, -0.2) is 21.1 Å². The lowest BCUT2D eigenvalue weighted by Gasteiger charge is -2.34. The van der Waals surface area contributed by atoms with Crippen LogP contribution in [0.3, 0.4) is 0 Å². The van der Waals surface area contributed by atoms with Gasteiger partial charge in [0.05, 0.1) is 6.04 Å². The predicted molar refractivity (Wildman–Crippen MR) is 76.5 cm³/mol. The number of rotatable bonds is 2. The SMILES string of the molecule is Cc1cc2c(o1)CC(C)(C)CC2NC(=O)c1nc(N)n[nH]1. The van der Waals surface area contributed by atoms with Crippen molar-refractivity contribution < 1.29 is 9.21 Å². The van der Waals surface area contributed by atoms with Crippen molar-refractivity contribution >= 4 is 11.9 Å². The van der Waals surface area contributed by atoms with E-state index in [1.807, 2.05) is 13.0 Å². The summed E-state index contributed by atoms with van der Waals surface area (Å²) in [6, 6.07) is 1.89. The second kappa shape index (κ2) is 4.61. The van der Waals surface area contributed by atoms with Gasteiger partial charge in [-0.25, -0.2) is 0 Å². The molecule has 2 aromatic rings. The number of furan rings is 1. The number of aromatic amines is 1. The summed E-state index contributed by atoms with van der Waals surface area (Å²) in [5.74, 6) is 1.68. The molecule has 21 heavy (non-hydrogen) atoms. The van der Waals surface area contributed by atoms with Gasteiger partial charge in [-0.15, -0.1) is 5.10 Å². The molecule has 1 unspecified atom stereocenters. The molecule has 0 saturated carbocycles. The molecule has 0 fully saturated rings. The van der Waals surface area contributed by atoms with E-state index < -0.39 is 0 Å². The topological polar surface area (TPSA) is 110 Å². The number of aryl methyl sites for hydroxylation is 1. The van der Waals surface area contributed by atoms with Gasteiger partial charge in [-0.3, -0.25) is 9.89 Å². The molecule has 7 nitrogen and oxygen atoms in total. The Labute approximate surface area is 122 Å².